The molecule has 0 aliphatic carbocycles. The van der Waals surface area contributed by atoms with Gasteiger partial charge in [0, 0.05) is 21.8 Å². The number of fused-ring (bicyclic) bond motifs is 6. The van der Waals surface area contributed by atoms with Gasteiger partial charge in [0.2, 0.25) is 0 Å². The number of para-hydroxylation sites is 1. The number of H-pyrrole nitrogens is 1. The normalized spacial score (nSPS) is 11.8. The lowest BCUT2D eigenvalue weighted by atomic mass is 10.00. The van der Waals surface area contributed by atoms with Crippen LogP contribution >= 0.6 is 0 Å². The summed E-state index contributed by atoms with van der Waals surface area (Å²) >= 11 is 0. The lowest BCUT2D eigenvalue weighted by Crippen LogP contribution is -1.78. The van der Waals surface area contributed by atoms with Crippen molar-refractivity contribution in [3.63, 3.8) is 0 Å². The number of aromatic nitrogens is 1. The first-order chi connectivity index (χ1) is 10.4. The third-order valence-corrected chi connectivity index (χ3v) is 4.28. The van der Waals surface area contributed by atoms with E-state index in [0.717, 1.165) is 0 Å². The molecule has 0 fully saturated rings. The maximum atomic E-state index is 3.51. The van der Waals surface area contributed by atoms with Crippen LogP contribution < -0.4 is 0 Å². The van der Waals surface area contributed by atoms with Gasteiger partial charge in [0.15, 0.2) is 0 Å². The topological polar surface area (TPSA) is 15.8 Å². The molecule has 1 nitrogen and oxygen atoms in total. The van der Waals surface area contributed by atoms with Gasteiger partial charge in [-0.2, -0.15) is 0 Å². The fourth-order valence-corrected chi connectivity index (χ4v) is 3.27. The van der Waals surface area contributed by atoms with Gasteiger partial charge in [-0.15, -0.1) is 0 Å². The Labute approximate surface area is 121 Å². The minimum atomic E-state index is 1.19. The Hall–Kier alpha value is -2.80. The van der Waals surface area contributed by atoms with Gasteiger partial charge in [-0.3, -0.25) is 0 Å². The van der Waals surface area contributed by atoms with Crippen LogP contribution in [0.3, 0.4) is 0 Å². The Bertz CT molecular complexity index is 1130. The number of nitrogens with one attached hydrogen (secondary N) is 1. The largest absolute Gasteiger partial charge is 0.354 e. The summed E-state index contributed by atoms with van der Waals surface area (Å²) in [5.74, 6) is 0. The van der Waals surface area contributed by atoms with Crippen LogP contribution in [0.2, 0.25) is 0 Å². The molecule has 1 aromatic heterocycles. The van der Waals surface area contributed by atoms with Gasteiger partial charge in [-0.05, 0) is 45.8 Å². The van der Waals surface area contributed by atoms with Crippen LogP contribution in [0.1, 0.15) is 0 Å². The number of aromatic amines is 1. The van der Waals surface area contributed by atoms with Crippen molar-refractivity contribution >= 4 is 43.4 Å². The fourth-order valence-electron chi connectivity index (χ4n) is 3.27. The first-order valence-electron chi connectivity index (χ1n) is 7.14. The van der Waals surface area contributed by atoms with Gasteiger partial charge in [0.25, 0.3) is 0 Å². The molecule has 1 heterocycles. The van der Waals surface area contributed by atoms with E-state index in [2.05, 4.69) is 65.6 Å². The third-order valence-electron chi connectivity index (χ3n) is 4.28. The smallest absolute Gasteiger partial charge is 0.0471 e. The van der Waals surface area contributed by atoms with Crippen molar-refractivity contribution in [2.24, 2.45) is 0 Å². The molecular formula is C20H12N. The quantitative estimate of drug-likeness (QED) is 0.360. The molecule has 5 rings (SSSR count). The molecule has 0 atom stereocenters. The highest BCUT2D eigenvalue weighted by atomic mass is 14.7. The molecule has 0 bridgehead atoms. The summed E-state index contributed by atoms with van der Waals surface area (Å²) in [6.07, 6.45) is 0. The molecule has 0 spiro atoms. The molecule has 1 N–H and O–H groups in total. The van der Waals surface area contributed by atoms with Crippen LogP contribution in [-0.2, 0) is 0 Å². The van der Waals surface area contributed by atoms with E-state index >= 15 is 0 Å². The predicted molar refractivity (Wildman–Crippen MR) is 89.7 cm³/mol. The lowest BCUT2D eigenvalue weighted by Gasteiger charge is -2.04. The molecule has 0 amide bonds. The van der Waals surface area contributed by atoms with Crippen molar-refractivity contribution < 1.29 is 0 Å². The summed E-state index contributed by atoms with van der Waals surface area (Å²) in [7, 11) is 0. The number of benzene rings is 4. The van der Waals surface area contributed by atoms with E-state index in [4.69, 9.17) is 0 Å². The summed E-state index contributed by atoms with van der Waals surface area (Å²) in [5, 5.41) is 7.52. The van der Waals surface area contributed by atoms with Crippen molar-refractivity contribution in [1.29, 1.82) is 0 Å². The highest BCUT2D eigenvalue weighted by molar-refractivity contribution is 6.17. The Morgan fingerprint density at radius 2 is 1.57 bits per heavy atom. The Kier molecular flexibility index (Phi) is 2.01. The molecule has 0 aliphatic heterocycles. The van der Waals surface area contributed by atoms with Gasteiger partial charge in [0.1, 0.15) is 0 Å². The summed E-state index contributed by atoms with van der Waals surface area (Å²) in [4.78, 5) is 3.51. The maximum Gasteiger partial charge on any atom is 0.0471 e. The van der Waals surface area contributed by atoms with Crippen LogP contribution in [0.4, 0.5) is 0 Å². The minimum absolute atomic E-state index is 1.19. The van der Waals surface area contributed by atoms with E-state index in [0.29, 0.717) is 0 Å². The number of rotatable bonds is 0. The third kappa shape index (κ3) is 1.46. The van der Waals surface area contributed by atoms with Crippen LogP contribution in [0, 0.1) is 6.07 Å². The molecular weight excluding hydrogens is 254 g/mol. The highest BCUT2D eigenvalue weighted by Crippen LogP contribution is 2.32. The van der Waals surface area contributed by atoms with E-state index in [9.17, 15) is 0 Å². The SMILES string of the molecule is [c]1cccc2ccc3cc4[nH]c5ccccc5c4cc3c12. The first-order valence-corrected chi connectivity index (χ1v) is 7.14. The zero-order chi connectivity index (χ0) is 13.8. The average Bonchev–Trinajstić information content (AvgIpc) is 2.90. The van der Waals surface area contributed by atoms with Crippen LogP contribution in [0.25, 0.3) is 43.4 Å². The molecule has 0 saturated carbocycles. The summed E-state index contributed by atoms with van der Waals surface area (Å²) in [6.45, 7) is 0. The summed E-state index contributed by atoms with van der Waals surface area (Å²) in [6, 6.07) is 26.9. The predicted octanol–water partition coefficient (Wildman–Crippen LogP) is 5.43. The molecule has 21 heavy (non-hydrogen) atoms. The maximum absolute atomic E-state index is 3.51. The van der Waals surface area contributed by atoms with Crippen LogP contribution in [0.5, 0.6) is 0 Å². The summed E-state index contributed by atoms with van der Waals surface area (Å²) in [5.41, 5.74) is 2.38. The standard InChI is InChI=1S/C20H12N/c1-2-6-15-13(5-1)9-10-14-11-20-18(12-17(14)15)16-7-3-4-8-19(16)21-20/h1-5,7-12,21H. The summed E-state index contributed by atoms with van der Waals surface area (Å²) < 4.78 is 0. The lowest BCUT2D eigenvalue weighted by molar-refractivity contribution is 1.55. The van der Waals surface area contributed by atoms with Gasteiger partial charge < -0.3 is 4.98 Å². The van der Waals surface area contributed by atoms with Gasteiger partial charge in [0.05, 0.1) is 0 Å². The molecule has 1 heteroatoms. The molecule has 0 aliphatic rings. The van der Waals surface area contributed by atoms with Crippen molar-refractivity contribution in [1.82, 2.24) is 4.98 Å². The zero-order valence-electron chi connectivity index (χ0n) is 11.4. The Morgan fingerprint density at radius 3 is 2.57 bits per heavy atom. The van der Waals surface area contributed by atoms with Crippen LogP contribution in [-0.4, -0.2) is 4.98 Å². The fraction of sp³-hybridized carbons (Fsp3) is 0. The van der Waals surface area contributed by atoms with E-state index < -0.39 is 0 Å². The zero-order valence-corrected chi connectivity index (χ0v) is 11.4. The van der Waals surface area contributed by atoms with Gasteiger partial charge in [-0.25, -0.2) is 0 Å². The molecule has 1 radical (unpaired) electrons. The molecule has 97 valence electrons. The molecule has 0 saturated heterocycles. The number of hydrogen-bond donors (Lipinski definition) is 1. The number of hydrogen-bond acceptors (Lipinski definition) is 0. The second-order valence-electron chi connectivity index (χ2n) is 5.49. The molecule has 4 aromatic carbocycles. The van der Waals surface area contributed by atoms with E-state index in [-0.39, 0.29) is 0 Å². The van der Waals surface area contributed by atoms with Gasteiger partial charge >= 0.3 is 0 Å². The highest BCUT2D eigenvalue weighted by Gasteiger charge is 2.07. The average molecular weight is 266 g/mol. The van der Waals surface area contributed by atoms with E-state index in [1.54, 1.807) is 0 Å². The van der Waals surface area contributed by atoms with Crippen molar-refractivity contribution in [3.8, 4) is 0 Å². The second kappa shape index (κ2) is 3.86. The molecule has 0 unspecified atom stereocenters. The van der Waals surface area contributed by atoms with E-state index in [1.807, 2.05) is 12.1 Å². The second-order valence-corrected chi connectivity index (χ2v) is 5.49. The van der Waals surface area contributed by atoms with Crippen molar-refractivity contribution in [2.75, 3.05) is 0 Å². The Morgan fingerprint density at radius 1 is 0.667 bits per heavy atom. The minimum Gasteiger partial charge on any atom is -0.354 e. The van der Waals surface area contributed by atoms with Gasteiger partial charge in [-0.1, -0.05) is 48.5 Å². The van der Waals surface area contributed by atoms with Crippen molar-refractivity contribution in [3.05, 3.63) is 72.8 Å². The Balaban J connectivity index is 2.06. The van der Waals surface area contributed by atoms with E-state index in [1.165, 1.54) is 43.4 Å². The van der Waals surface area contributed by atoms with Crippen molar-refractivity contribution in [2.45, 2.75) is 0 Å². The first kappa shape index (κ1) is 10.9. The molecule has 5 aromatic rings. The monoisotopic (exact) mass is 266 g/mol. The van der Waals surface area contributed by atoms with Crippen LogP contribution in [0.15, 0.2) is 66.7 Å².